The van der Waals surface area contributed by atoms with Crippen molar-refractivity contribution in [1.82, 2.24) is 9.96 Å². The Morgan fingerprint density at radius 3 is 2.58 bits per heavy atom. The van der Waals surface area contributed by atoms with E-state index in [0.29, 0.717) is 5.57 Å². The molecule has 26 heavy (non-hydrogen) atoms. The first-order valence-corrected chi connectivity index (χ1v) is 9.96. The van der Waals surface area contributed by atoms with Gasteiger partial charge in [-0.3, -0.25) is 19.3 Å². The molecule has 2 rings (SSSR count). The van der Waals surface area contributed by atoms with Crippen molar-refractivity contribution in [2.45, 2.75) is 25.3 Å². The second kappa shape index (κ2) is 8.27. The van der Waals surface area contributed by atoms with Gasteiger partial charge in [-0.1, -0.05) is 11.8 Å². The van der Waals surface area contributed by atoms with Crippen molar-refractivity contribution in [3.8, 4) is 0 Å². The number of ether oxygens (including phenoxy) is 1. The maximum absolute atomic E-state index is 12.6. The van der Waals surface area contributed by atoms with Gasteiger partial charge in [0.15, 0.2) is 6.04 Å². The molecule has 2 aliphatic rings. The maximum atomic E-state index is 12.6. The SMILES string of the molecule is CSC(=S)ON(C(C)=O)[C@@H]1C(=O)N2C(C(=O)O)=C(COC(C)=O)CSC12. The van der Waals surface area contributed by atoms with Crippen LogP contribution in [0.15, 0.2) is 11.3 Å². The molecule has 0 saturated carbocycles. The third kappa shape index (κ3) is 3.96. The van der Waals surface area contributed by atoms with Gasteiger partial charge in [-0.25, -0.2) is 4.79 Å². The summed E-state index contributed by atoms with van der Waals surface area (Å²) in [5.41, 5.74) is 0.0860. The van der Waals surface area contributed by atoms with Crippen molar-refractivity contribution < 1.29 is 33.9 Å². The van der Waals surface area contributed by atoms with Gasteiger partial charge in [0.05, 0.1) is 0 Å². The number of carboxylic acids is 1. The van der Waals surface area contributed by atoms with Crippen molar-refractivity contribution in [2.75, 3.05) is 18.6 Å². The van der Waals surface area contributed by atoms with E-state index in [-0.39, 0.29) is 22.4 Å². The molecule has 1 saturated heterocycles. The highest BCUT2D eigenvalue weighted by atomic mass is 32.2. The predicted octanol–water partition coefficient (Wildman–Crippen LogP) is 0.600. The molecule has 0 radical (unpaired) electrons. The number of carbonyl (C=O) groups excluding carboxylic acids is 3. The van der Waals surface area contributed by atoms with E-state index in [2.05, 4.69) is 0 Å². The zero-order valence-electron chi connectivity index (χ0n) is 14.1. The topological polar surface area (TPSA) is 113 Å². The van der Waals surface area contributed by atoms with Gasteiger partial charge >= 0.3 is 11.9 Å². The number of fused-ring (bicyclic) bond motifs is 1. The van der Waals surface area contributed by atoms with Gasteiger partial charge in [0.2, 0.25) is 0 Å². The van der Waals surface area contributed by atoms with Gasteiger partial charge in [-0.15, -0.1) is 11.8 Å². The fourth-order valence-electron chi connectivity index (χ4n) is 2.48. The standard InChI is InChI=1S/C14H16N2O7S3/c1-6(17)16(23-14(24)25-3)10-11(19)15-9(13(20)21)8(4-22-7(2)18)5-26-12(10)15/h10,12H,4-5H2,1-3H3,(H,20,21)/t10-,12?/m1/s1. The van der Waals surface area contributed by atoms with Gasteiger partial charge < -0.3 is 14.7 Å². The van der Waals surface area contributed by atoms with Crippen molar-refractivity contribution in [3.05, 3.63) is 11.3 Å². The number of aliphatic carboxylic acids is 1. The van der Waals surface area contributed by atoms with Crippen LogP contribution in [0, 0.1) is 0 Å². The van der Waals surface area contributed by atoms with Crippen LogP contribution in [-0.2, 0) is 28.8 Å². The third-order valence-corrected chi connectivity index (χ3v) is 5.88. The minimum atomic E-state index is -1.31. The summed E-state index contributed by atoms with van der Waals surface area (Å²) in [6.45, 7) is 2.22. The summed E-state index contributed by atoms with van der Waals surface area (Å²) < 4.78 is 4.93. The number of carbonyl (C=O) groups is 4. The number of thioether (sulfide) groups is 2. The van der Waals surface area contributed by atoms with Crippen LogP contribution >= 0.6 is 35.7 Å². The lowest BCUT2D eigenvalue weighted by atomic mass is 10.0. The normalized spacial score (nSPS) is 21.5. The van der Waals surface area contributed by atoms with Gasteiger partial charge in [0, 0.05) is 25.2 Å². The molecule has 12 heteroatoms. The quantitative estimate of drug-likeness (QED) is 0.300. The van der Waals surface area contributed by atoms with Crippen LogP contribution in [-0.4, -0.2) is 73.2 Å². The molecule has 0 spiro atoms. The fraction of sp³-hybridized carbons (Fsp3) is 0.500. The maximum Gasteiger partial charge on any atom is 0.352 e. The first-order valence-electron chi connectivity index (χ1n) is 7.28. The van der Waals surface area contributed by atoms with E-state index in [1.807, 2.05) is 0 Å². The Labute approximate surface area is 163 Å². The second-order valence-electron chi connectivity index (χ2n) is 5.28. The molecule has 2 heterocycles. The molecule has 0 aliphatic carbocycles. The van der Waals surface area contributed by atoms with Crippen molar-refractivity contribution >= 4 is 63.9 Å². The van der Waals surface area contributed by atoms with Crippen molar-refractivity contribution in [2.24, 2.45) is 0 Å². The number of thiocarbonyl (C=S) groups is 1. The summed E-state index contributed by atoms with van der Waals surface area (Å²) in [5, 5.41) is 9.75. The minimum absolute atomic E-state index is 0.0665. The monoisotopic (exact) mass is 420 g/mol. The molecule has 142 valence electrons. The zero-order valence-corrected chi connectivity index (χ0v) is 16.5. The number of hydrogen-bond donors (Lipinski definition) is 1. The zero-order chi connectivity index (χ0) is 19.6. The smallest absolute Gasteiger partial charge is 0.352 e. The summed E-state index contributed by atoms with van der Waals surface area (Å²) in [5.74, 6) is -2.74. The van der Waals surface area contributed by atoms with E-state index in [4.69, 9.17) is 21.8 Å². The molecule has 0 aromatic heterocycles. The van der Waals surface area contributed by atoms with Gasteiger partial charge in [0.1, 0.15) is 17.7 Å². The van der Waals surface area contributed by atoms with Crippen LogP contribution in [0.2, 0.25) is 0 Å². The van der Waals surface area contributed by atoms with E-state index in [0.717, 1.165) is 21.7 Å². The van der Waals surface area contributed by atoms with Gasteiger partial charge in [0.25, 0.3) is 16.2 Å². The fourth-order valence-corrected chi connectivity index (χ4v) is 4.08. The van der Waals surface area contributed by atoms with E-state index < -0.39 is 35.2 Å². The van der Waals surface area contributed by atoms with Crippen LogP contribution < -0.4 is 0 Å². The Hall–Kier alpha value is -1.79. The second-order valence-corrected chi connectivity index (χ2v) is 7.80. The van der Waals surface area contributed by atoms with E-state index in [1.165, 1.54) is 25.6 Å². The van der Waals surface area contributed by atoms with E-state index >= 15 is 0 Å². The highest BCUT2D eigenvalue weighted by Gasteiger charge is 2.58. The molecule has 2 aliphatic heterocycles. The first-order chi connectivity index (χ1) is 12.2. The molecule has 2 atom stereocenters. The first kappa shape index (κ1) is 20.5. The van der Waals surface area contributed by atoms with Crippen LogP contribution in [0.1, 0.15) is 13.8 Å². The number of esters is 1. The lowest BCUT2D eigenvalue weighted by Gasteiger charge is -2.51. The van der Waals surface area contributed by atoms with E-state index in [9.17, 15) is 24.3 Å². The summed E-state index contributed by atoms with van der Waals surface area (Å²) in [7, 11) is 0. The summed E-state index contributed by atoms with van der Waals surface area (Å²) in [6, 6.07) is -0.979. The van der Waals surface area contributed by atoms with Crippen molar-refractivity contribution in [3.63, 3.8) is 0 Å². The molecule has 1 N–H and O–H groups in total. The molecular weight excluding hydrogens is 404 g/mol. The van der Waals surface area contributed by atoms with Crippen LogP contribution in [0.5, 0.6) is 0 Å². The van der Waals surface area contributed by atoms with Crippen LogP contribution in [0.4, 0.5) is 0 Å². The number of hydrogen-bond acceptors (Lipinski definition) is 9. The third-order valence-electron chi connectivity index (χ3n) is 3.57. The Balaban J connectivity index is 2.27. The Morgan fingerprint density at radius 2 is 2.08 bits per heavy atom. The van der Waals surface area contributed by atoms with Crippen LogP contribution in [0.25, 0.3) is 0 Å². The molecule has 0 aromatic carbocycles. The average molecular weight is 420 g/mol. The van der Waals surface area contributed by atoms with Gasteiger partial charge in [-0.05, 0) is 18.5 Å². The molecule has 1 fully saturated rings. The molecule has 0 aromatic rings. The summed E-state index contributed by atoms with van der Waals surface area (Å²) in [4.78, 5) is 53.4. The number of β-lactam (4-membered cyclic amide) rings is 1. The Morgan fingerprint density at radius 1 is 1.42 bits per heavy atom. The lowest BCUT2D eigenvalue weighted by molar-refractivity contribution is -0.189. The molecule has 2 amide bonds. The highest BCUT2D eigenvalue weighted by Crippen LogP contribution is 2.42. The van der Waals surface area contributed by atoms with Gasteiger partial charge in [-0.2, -0.15) is 5.06 Å². The predicted molar refractivity (Wildman–Crippen MR) is 97.9 cm³/mol. The highest BCUT2D eigenvalue weighted by molar-refractivity contribution is 8.22. The molecule has 0 bridgehead atoms. The van der Waals surface area contributed by atoms with E-state index in [1.54, 1.807) is 6.26 Å². The summed E-state index contributed by atoms with van der Waals surface area (Å²) >= 11 is 7.29. The largest absolute Gasteiger partial charge is 0.477 e. The molecule has 1 unspecified atom stereocenters. The van der Waals surface area contributed by atoms with Crippen LogP contribution in [0.3, 0.4) is 0 Å². The Kier molecular flexibility index (Phi) is 6.53. The minimum Gasteiger partial charge on any atom is -0.477 e. The number of amides is 2. The number of hydroxylamine groups is 2. The molecular formula is C14H16N2O7S3. The summed E-state index contributed by atoms with van der Waals surface area (Å²) in [6.07, 6.45) is 1.66. The number of rotatable bonds is 4. The average Bonchev–Trinajstić information content (AvgIpc) is 2.57. The lowest BCUT2D eigenvalue weighted by Crippen LogP contribution is -2.71. The number of nitrogens with zero attached hydrogens (tertiary/aromatic N) is 2. The van der Waals surface area contributed by atoms with Crippen molar-refractivity contribution in [1.29, 1.82) is 0 Å². The molecule has 9 nitrogen and oxygen atoms in total. The number of carboxylic acid groups (broad SMARTS) is 1. The Bertz CT molecular complexity index is 709.